The molecule has 1 unspecified atom stereocenters. The Balaban J connectivity index is 1.40. The summed E-state index contributed by atoms with van der Waals surface area (Å²) in [5.74, 6) is -2.32. The normalized spacial score (nSPS) is 18.3. The minimum absolute atomic E-state index is 0.00785. The summed E-state index contributed by atoms with van der Waals surface area (Å²) >= 11 is 3.33. The van der Waals surface area contributed by atoms with Gasteiger partial charge in [0.25, 0.3) is 11.8 Å². The van der Waals surface area contributed by atoms with Crippen LogP contribution in [0.5, 0.6) is 0 Å². The molecule has 0 bridgehead atoms. The van der Waals surface area contributed by atoms with Crippen LogP contribution in [0.15, 0.2) is 34.2 Å². The number of carboxylic acid groups (broad SMARTS) is 1. The third kappa shape index (κ3) is 7.82. The Morgan fingerprint density at radius 2 is 2.11 bits per heavy atom. The third-order valence-corrected chi connectivity index (χ3v) is 8.55. The maximum atomic E-state index is 13.1. The number of hydrogen-bond acceptors (Lipinski definition) is 16. The lowest BCUT2D eigenvalue weighted by Crippen LogP contribution is -2.71. The van der Waals surface area contributed by atoms with E-state index in [9.17, 15) is 24.3 Å². The highest BCUT2D eigenvalue weighted by atomic mass is 32.2. The second-order valence-electron chi connectivity index (χ2n) is 10.0. The molecule has 0 aromatic carbocycles. The number of amides is 3. The lowest BCUT2D eigenvalue weighted by Gasteiger charge is -2.49. The number of rotatable bonds is 13. The SMILES string of the molecule is C=CCO/N=C(\C(=O)NC1C(=O)N2C(C(=O)O)=C(CSc3nnnn3CCNC(=O)OC(C)(C)C)CS[C@H]12)c1nsc(N)n1. The van der Waals surface area contributed by atoms with Gasteiger partial charge in [-0.25, -0.2) is 14.3 Å². The van der Waals surface area contributed by atoms with Crippen LogP contribution in [-0.4, -0.2) is 111 Å². The Morgan fingerprint density at radius 3 is 2.77 bits per heavy atom. The molecule has 2 aromatic rings. The van der Waals surface area contributed by atoms with Gasteiger partial charge in [-0.1, -0.05) is 29.6 Å². The predicted molar refractivity (Wildman–Crippen MR) is 159 cm³/mol. The number of nitrogen functional groups attached to an aromatic ring is 1. The van der Waals surface area contributed by atoms with Gasteiger partial charge < -0.3 is 31.0 Å². The second-order valence-corrected chi connectivity index (χ2v) is 12.8. The molecule has 0 aliphatic carbocycles. The molecule has 3 amide bonds. The minimum Gasteiger partial charge on any atom is -0.477 e. The molecule has 21 heteroatoms. The average Bonchev–Trinajstić information content (AvgIpc) is 3.59. The van der Waals surface area contributed by atoms with Gasteiger partial charge in [-0.2, -0.15) is 9.36 Å². The standard InChI is InChI=1S/C23H29N11O7S3/c1-5-8-40-29-12(15-27-20(24)44-30-15)16(35)26-13-17(36)34-14(19(37)38)11(9-42-18(13)34)10-43-21-28-31-32-33(21)7-6-25-22(39)41-23(2,3)4/h5,13,18H,1,6-10H2,2-4H3,(H,25,39)(H,26,35)(H,37,38)(H2,24,27,30)/b29-12-/t13?,18-/m1/s1. The molecule has 2 aliphatic rings. The number of tetrazole rings is 1. The molecule has 2 atom stereocenters. The Bertz CT molecular complexity index is 1500. The first-order chi connectivity index (χ1) is 20.9. The van der Waals surface area contributed by atoms with E-state index in [0.29, 0.717) is 10.7 Å². The summed E-state index contributed by atoms with van der Waals surface area (Å²) in [5.41, 5.74) is 5.01. The van der Waals surface area contributed by atoms with E-state index in [-0.39, 0.29) is 53.6 Å². The van der Waals surface area contributed by atoms with Gasteiger partial charge in [0.15, 0.2) is 5.13 Å². The van der Waals surface area contributed by atoms with E-state index in [1.165, 1.54) is 34.3 Å². The van der Waals surface area contributed by atoms with E-state index in [2.05, 4.69) is 47.3 Å². The summed E-state index contributed by atoms with van der Waals surface area (Å²) in [7, 11) is 0. The summed E-state index contributed by atoms with van der Waals surface area (Å²) in [5, 5.41) is 30.4. The van der Waals surface area contributed by atoms with Crippen LogP contribution in [0.2, 0.25) is 0 Å². The molecule has 4 rings (SSSR count). The molecule has 2 aromatic heterocycles. The summed E-state index contributed by atoms with van der Waals surface area (Å²) < 4.78 is 10.6. The molecule has 2 aliphatic heterocycles. The van der Waals surface area contributed by atoms with Crippen LogP contribution < -0.4 is 16.4 Å². The third-order valence-electron chi connectivity index (χ3n) is 5.62. The number of carboxylic acids is 1. The summed E-state index contributed by atoms with van der Waals surface area (Å²) in [4.78, 5) is 60.5. The first kappa shape index (κ1) is 32.7. The van der Waals surface area contributed by atoms with Gasteiger partial charge in [-0.15, -0.1) is 16.9 Å². The van der Waals surface area contributed by atoms with Crippen molar-refractivity contribution in [2.75, 3.05) is 30.4 Å². The van der Waals surface area contributed by atoms with Crippen molar-refractivity contribution in [1.29, 1.82) is 0 Å². The first-order valence-electron chi connectivity index (χ1n) is 12.9. The highest BCUT2D eigenvalue weighted by Gasteiger charge is 2.54. The van der Waals surface area contributed by atoms with Gasteiger partial charge in [-0.05, 0) is 36.8 Å². The van der Waals surface area contributed by atoms with Gasteiger partial charge in [0.1, 0.15) is 29.3 Å². The maximum Gasteiger partial charge on any atom is 0.407 e. The van der Waals surface area contributed by atoms with Gasteiger partial charge in [0.05, 0.1) is 6.54 Å². The van der Waals surface area contributed by atoms with Gasteiger partial charge >= 0.3 is 12.1 Å². The van der Waals surface area contributed by atoms with E-state index < -0.39 is 40.9 Å². The number of carbonyl (C=O) groups is 4. The van der Waals surface area contributed by atoms with Crippen molar-refractivity contribution in [1.82, 2.24) is 45.1 Å². The topological polar surface area (TPSA) is 242 Å². The Labute approximate surface area is 263 Å². The Hall–Kier alpha value is -4.24. The molecule has 1 fully saturated rings. The highest BCUT2D eigenvalue weighted by molar-refractivity contribution is 8.01. The van der Waals surface area contributed by atoms with Crippen molar-refractivity contribution in [3.05, 3.63) is 29.7 Å². The zero-order valence-electron chi connectivity index (χ0n) is 23.8. The van der Waals surface area contributed by atoms with Crippen LogP contribution in [-0.2, 0) is 30.5 Å². The lowest BCUT2D eigenvalue weighted by atomic mass is 10.0. The largest absolute Gasteiger partial charge is 0.477 e. The fourth-order valence-corrected chi connectivity index (χ4v) is 6.67. The van der Waals surface area contributed by atoms with Crippen molar-refractivity contribution in [2.24, 2.45) is 5.16 Å². The predicted octanol–water partition coefficient (Wildman–Crippen LogP) is 0.0691. The first-order valence-corrected chi connectivity index (χ1v) is 15.7. The number of oxime groups is 1. The van der Waals surface area contributed by atoms with Crippen LogP contribution in [0, 0.1) is 0 Å². The number of thioether (sulfide) groups is 2. The number of ether oxygens (including phenoxy) is 1. The lowest BCUT2D eigenvalue weighted by molar-refractivity contribution is -0.150. The Morgan fingerprint density at radius 1 is 1.34 bits per heavy atom. The van der Waals surface area contributed by atoms with E-state index in [1.54, 1.807) is 20.8 Å². The Kier molecular flexibility index (Phi) is 10.4. The molecule has 1 saturated heterocycles. The number of aliphatic carboxylic acids is 1. The number of fused-ring (bicyclic) bond motifs is 1. The van der Waals surface area contributed by atoms with Crippen molar-refractivity contribution in [2.45, 2.75) is 49.5 Å². The number of nitrogens with zero attached hydrogens (tertiary/aromatic N) is 8. The summed E-state index contributed by atoms with van der Waals surface area (Å²) in [6, 6.07) is -1.03. The number of anilines is 1. The number of carbonyl (C=O) groups excluding carboxylic acids is 3. The smallest absolute Gasteiger partial charge is 0.407 e. The maximum absolute atomic E-state index is 13.1. The number of alkyl carbamates (subject to hydrolysis) is 1. The summed E-state index contributed by atoms with van der Waals surface area (Å²) in [6.45, 7) is 9.22. The zero-order chi connectivity index (χ0) is 32.0. The molecule has 0 radical (unpaired) electrons. The van der Waals surface area contributed by atoms with Gasteiger partial charge in [0.2, 0.25) is 16.7 Å². The second kappa shape index (κ2) is 14.0. The monoisotopic (exact) mass is 667 g/mol. The molecule has 44 heavy (non-hydrogen) atoms. The molecule has 0 saturated carbocycles. The van der Waals surface area contributed by atoms with Crippen LogP contribution in [0.4, 0.5) is 9.93 Å². The number of aromatic nitrogens is 6. The van der Waals surface area contributed by atoms with E-state index in [0.717, 1.165) is 16.4 Å². The zero-order valence-corrected chi connectivity index (χ0v) is 26.2. The minimum atomic E-state index is -1.28. The van der Waals surface area contributed by atoms with Crippen molar-refractivity contribution in [3.8, 4) is 0 Å². The molecule has 236 valence electrons. The van der Waals surface area contributed by atoms with E-state index in [4.69, 9.17) is 15.3 Å². The number of β-lactam (4-membered cyclic amide) rings is 1. The number of nitrogens with one attached hydrogen (secondary N) is 2. The molecular weight excluding hydrogens is 639 g/mol. The van der Waals surface area contributed by atoms with Crippen molar-refractivity contribution < 1.29 is 33.9 Å². The van der Waals surface area contributed by atoms with Gasteiger partial charge in [-0.3, -0.25) is 14.5 Å². The van der Waals surface area contributed by atoms with Gasteiger partial charge in [0, 0.05) is 29.6 Å². The molecule has 5 N–H and O–H groups in total. The molecular formula is C23H29N11O7S3. The number of hydrogen-bond donors (Lipinski definition) is 4. The van der Waals surface area contributed by atoms with Crippen molar-refractivity contribution >= 4 is 69.8 Å². The van der Waals surface area contributed by atoms with E-state index >= 15 is 0 Å². The molecule has 4 heterocycles. The quantitative estimate of drug-likeness (QED) is 0.0552. The average molecular weight is 668 g/mol. The molecule has 18 nitrogen and oxygen atoms in total. The van der Waals surface area contributed by atoms with Crippen LogP contribution >= 0.6 is 35.1 Å². The summed E-state index contributed by atoms with van der Waals surface area (Å²) in [6.07, 6.45) is 0.848. The fourth-order valence-electron chi connectivity index (χ4n) is 3.84. The van der Waals surface area contributed by atoms with Crippen LogP contribution in [0.25, 0.3) is 0 Å². The highest BCUT2D eigenvalue weighted by Crippen LogP contribution is 2.41. The number of nitrogens with two attached hydrogens (primary N) is 1. The fraction of sp³-hybridized carbons (Fsp3) is 0.478. The van der Waals surface area contributed by atoms with Crippen LogP contribution in [0.3, 0.4) is 0 Å². The molecule has 0 spiro atoms. The van der Waals surface area contributed by atoms with Crippen molar-refractivity contribution in [3.63, 3.8) is 0 Å². The van der Waals surface area contributed by atoms with E-state index in [1.807, 2.05) is 0 Å². The van der Waals surface area contributed by atoms with Crippen LogP contribution in [0.1, 0.15) is 26.6 Å².